The van der Waals surface area contributed by atoms with E-state index in [1.165, 1.54) is 5.56 Å². The van der Waals surface area contributed by atoms with Crippen LogP contribution in [0.25, 0.3) is 22.2 Å². The van der Waals surface area contributed by atoms with Crippen LogP contribution in [0.5, 0.6) is 0 Å². The van der Waals surface area contributed by atoms with E-state index in [-0.39, 0.29) is 5.82 Å². The summed E-state index contributed by atoms with van der Waals surface area (Å²) in [7, 11) is 0. The summed E-state index contributed by atoms with van der Waals surface area (Å²) in [5.74, 6) is -0.214. The van der Waals surface area contributed by atoms with E-state index in [2.05, 4.69) is 31.2 Å². The molecule has 28 heavy (non-hydrogen) atoms. The largest absolute Gasteiger partial charge is 0.333 e. The minimum absolute atomic E-state index is 0.214. The Morgan fingerprint density at radius 1 is 0.929 bits per heavy atom. The van der Waals surface area contributed by atoms with Gasteiger partial charge in [-0.3, -0.25) is 0 Å². The first-order chi connectivity index (χ1) is 13.6. The van der Waals surface area contributed by atoms with Crippen LogP contribution in [0.2, 0.25) is 5.02 Å². The van der Waals surface area contributed by atoms with Crippen molar-refractivity contribution < 1.29 is 4.39 Å². The van der Waals surface area contributed by atoms with Crippen molar-refractivity contribution >= 4 is 22.5 Å². The number of benzene rings is 3. The van der Waals surface area contributed by atoms with Crippen molar-refractivity contribution in [2.45, 2.75) is 33.2 Å². The molecule has 1 heterocycles. The van der Waals surface area contributed by atoms with Crippen LogP contribution in [-0.2, 0) is 13.0 Å². The van der Waals surface area contributed by atoms with Crippen molar-refractivity contribution in [1.82, 2.24) is 4.57 Å². The minimum atomic E-state index is -0.214. The molecule has 0 aliphatic rings. The quantitative estimate of drug-likeness (QED) is 0.333. The summed E-state index contributed by atoms with van der Waals surface area (Å²) in [6.07, 6.45) is 2.20. The van der Waals surface area contributed by atoms with Crippen LogP contribution in [0, 0.1) is 12.7 Å². The van der Waals surface area contributed by atoms with Crippen LogP contribution in [-0.4, -0.2) is 4.57 Å². The lowest BCUT2D eigenvalue weighted by atomic mass is 10.1. The highest BCUT2D eigenvalue weighted by molar-refractivity contribution is 6.33. The van der Waals surface area contributed by atoms with Gasteiger partial charge in [-0.05, 0) is 42.7 Å². The van der Waals surface area contributed by atoms with Crippen molar-refractivity contribution in [2.24, 2.45) is 0 Å². The zero-order valence-electron chi connectivity index (χ0n) is 16.2. The lowest BCUT2D eigenvalue weighted by Gasteiger charge is -2.13. The molecule has 1 nitrogen and oxygen atoms in total. The van der Waals surface area contributed by atoms with Gasteiger partial charge in [-0.15, -0.1) is 0 Å². The third-order valence-electron chi connectivity index (χ3n) is 5.19. The van der Waals surface area contributed by atoms with E-state index < -0.39 is 0 Å². The molecule has 3 heteroatoms. The van der Waals surface area contributed by atoms with Gasteiger partial charge in [0.15, 0.2) is 5.82 Å². The summed E-state index contributed by atoms with van der Waals surface area (Å²) < 4.78 is 17.6. The first-order valence-electron chi connectivity index (χ1n) is 9.69. The summed E-state index contributed by atoms with van der Waals surface area (Å²) in [6, 6.07) is 22.0. The third-order valence-corrected chi connectivity index (χ3v) is 5.52. The molecule has 3 aromatic carbocycles. The van der Waals surface area contributed by atoms with Gasteiger partial charge >= 0.3 is 0 Å². The molecular formula is C25H23ClFN. The molecule has 142 valence electrons. The van der Waals surface area contributed by atoms with Gasteiger partial charge in [-0.25, -0.2) is 4.39 Å². The predicted octanol–water partition coefficient (Wildman–Crippen LogP) is 7.41. The van der Waals surface area contributed by atoms with E-state index in [1.807, 2.05) is 54.0 Å². The van der Waals surface area contributed by atoms with Crippen LogP contribution in [0.15, 0.2) is 66.7 Å². The molecule has 0 fully saturated rings. The summed E-state index contributed by atoms with van der Waals surface area (Å²) in [6.45, 7) is 4.76. The van der Waals surface area contributed by atoms with E-state index in [0.29, 0.717) is 22.6 Å². The second-order valence-electron chi connectivity index (χ2n) is 7.32. The maximum Gasteiger partial charge on any atom is 0.156 e. The minimum Gasteiger partial charge on any atom is -0.333 e. The number of aromatic nitrogens is 1. The van der Waals surface area contributed by atoms with E-state index in [0.717, 1.165) is 35.0 Å². The van der Waals surface area contributed by atoms with Gasteiger partial charge in [0.2, 0.25) is 0 Å². The highest BCUT2D eigenvalue weighted by Crippen LogP contribution is 2.37. The van der Waals surface area contributed by atoms with Crippen molar-refractivity contribution in [2.75, 3.05) is 0 Å². The topological polar surface area (TPSA) is 4.93 Å². The molecule has 0 saturated heterocycles. The van der Waals surface area contributed by atoms with Gasteiger partial charge in [0.05, 0.1) is 11.2 Å². The molecule has 1 aromatic heterocycles. The Bertz CT molecular complexity index is 1130. The zero-order chi connectivity index (χ0) is 19.7. The molecule has 0 amide bonds. The van der Waals surface area contributed by atoms with Crippen LogP contribution in [0.1, 0.15) is 30.0 Å². The summed E-state index contributed by atoms with van der Waals surface area (Å²) in [5, 5.41) is 1.19. The molecule has 0 aliphatic heterocycles. The number of halogens is 2. The van der Waals surface area contributed by atoms with Crippen molar-refractivity contribution in [3.63, 3.8) is 0 Å². The molecule has 0 N–H and O–H groups in total. The van der Waals surface area contributed by atoms with Gasteiger partial charge in [0.25, 0.3) is 0 Å². The van der Waals surface area contributed by atoms with E-state index in [1.54, 1.807) is 0 Å². The second kappa shape index (κ2) is 7.81. The van der Waals surface area contributed by atoms with Crippen molar-refractivity contribution in [1.29, 1.82) is 0 Å². The lowest BCUT2D eigenvalue weighted by molar-refractivity contribution is 0.635. The molecule has 0 aliphatic carbocycles. The van der Waals surface area contributed by atoms with Crippen LogP contribution in [0.3, 0.4) is 0 Å². The highest BCUT2D eigenvalue weighted by atomic mass is 35.5. The van der Waals surface area contributed by atoms with E-state index in [9.17, 15) is 0 Å². The highest BCUT2D eigenvalue weighted by Gasteiger charge is 2.20. The molecule has 0 spiro atoms. The number of aryl methyl sites for hydroxylation is 2. The average Bonchev–Trinajstić information content (AvgIpc) is 2.95. The van der Waals surface area contributed by atoms with E-state index in [4.69, 9.17) is 11.6 Å². The van der Waals surface area contributed by atoms with Crippen LogP contribution < -0.4 is 0 Å². The predicted molar refractivity (Wildman–Crippen MR) is 117 cm³/mol. The molecule has 4 aromatic rings. The fourth-order valence-electron chi connectivity index (χ4n) is 3.79. The molecule has 0 bridgehead atoms. The lowest BCUT2D eigenvalue weighted by Crippen LogP contribution is -2.03. The standard InChI is InChI=1S/C25H23ClFN/c1-3-6-18-10-12-19(13-11-18)16-28-23-14-9-17(2)15-21(23)24(27)25(28)20-7-4-5-8-22(20)26/h4-5,7-15H,3,6,16H2,1-2H3. The zero-order valence-corrected chi connectivity index (χ0v) is 16.9. The SMILES string of the molecule is CCCc1ccc(Cn2c(-c3ccccc3Cl)c(F)c3cc(C)ccc32)cc1. The first-order valence-corrected chi connectivity index (χ1v) is 10.1. The fraction of sp³-hybridized carbons (Fsp3) is 0.200. The normalized spacial score (nSPS) is 11.3. The Morgan fingerprint density at radius 3 is 2.36 bits per heavy atom. The second-order valence-corrected chi connectivity index (χ2v) is 7.72. The molecule has 0 radical (unpaired) electrons. The smallest absolute Gasteiger partial charge is 0.156 e. The number of rotatable bonds is 5. The molecule has 0 atom stereocenters. The summed E-state index contributed by atoms with van der Waals surface area (Å²) in [5.41, 5.74) is 5.66. The first kappa shape index (κ1) is 18.8. The Hall–Kier alpha value is -2.58. The number of hydrogen-bond acceptors (Lipinski definition) is 0. The maximum absolute atomic E-state index is 15.5. The molecule has 0 saturated carbocycles. The van der Waals surface area contributed by atoms with Gasteiger partial charge < -0.3 is 4.57 Å². The van der Waals surface area contributed by atoms with E-state index >= 15 is 4.39 Å². The van der Waals surface area contributed by atoms with Gasteiger partial charge in [0.1, 0.15) is 0 Å². The Kier molecular flexibility index (Phi) is 5.23. The fourth-order valence-corrected chi connectivity index (χ4v) is 4.02. The van der Waals surface area contributed by atoms with Crippen LogP contribution in [0.4, 0.5) is 4.39 Å². The Morgan fingerprint density at radius 2 is 1.64 bits per heavy atom. The molecular weight excluding hydrogens is 369 g/mol. The van der Waals surface area contributed by atoms with Gasteiger partial charge in [-0.1, -0.05) is 79.0 Å². The monoisotopic (exact) mass is 391 g/mol. The van der Waals surface area contributed by atoms with Gasteiger partial charge in [-0.2, -0.15) is 0 Å². The Labute approximate surface area is 170 Å². The number of hydrogen-bond donors (Lipinski definition) is 0. The third kappa shape index (κ3) is 3.45. The molecule has 0 unspecified atom stereocenters. The van der Waals surface area contributed by atoms with Crippen LogP contribution >= 0.6 is 11.6 Å². The molecule has 4 rings (SSSR count). The van der Waals surface area contributed by atoms with Crippen molar-refractivity contribution in [3.05, 3.63) is 94.3 Å². The summed E-state index contributed by atoms with van der Waals surface area (Å²) >= 11 is 6.44. The van der Waals surface area contributed by atoms with Crippen molar-refractivity contribution in [3.8, 4) is 11.3 Å². The number of nitrogens with zero attached hydrogens (tertiary/aromatic N) is 1. The number of fused-ring (bicyclic) bond motifs is 1. The average molecular weight is 392 g/mol. The maximum atomic E-state index is 15.5. The van der Waals surface area contributed by atoms with Gasteiger partial charge in [0, 0.05) is 22.5 Å². The summed E-state index contributed by atoms with van der Waals surface area (Å²) in [4.78, 5) is 0. The Balaban J connectivity index is 1.88.